The first kappa shape index (κ1) is 24.1. The fourth-order valence-electron chi connectivity index (χ4n) is 2.01. The number of hydrogen-bond donors (Lipinski definition) is 0. The average molecular weight is 392 g/mol. The highest BCUT2D eigenvalue weighted by molar-refractivity contribution is 5.22. The number of ether oxygens (including phenoxy) is 3. The molecule has 0 atom stereocenters. The standard InChI is InChI=1S/C12H17FO.C11H17NO2/c1-9-5-6-10(11(13)7-9)8-14-12(2,3)4;1-11(2,3)14-8-9-6-5-7-10(12-9)13-4/h2*5-7H,8H2,1-4H3. The van der Waals surface area contributed by atoms with Crippen molar-refractivity contribution in [3.63, 3.8) is 0 Å². The van der Waals surface area contributed by atoms with E-state index >= 15 is 0 Å². The molecule has 0 saturated heterocycles. The van der Waals surface area contributed by atoms with E-state index in [9.17, 15) is 4.39 Å². The molecule has 1 aromatic carbocycles. The van der Waals surface area contributed by atoms with Crippen LogP contribution in [0.5, 0.6) is 5.88 Å². The van der Waals surface area contributed by atoms with Crippen molar-refractivity contribution >= 4 is 0 Å². The molecule has 2 rings (SSSR count). The summed E-state index contributed by atoms with van der Waals surface area (Å²) in [4.78, 5) is 4.25. The molecule has 2 aromatic rings. The Bertz CT molecular complexity index is 733. The van der Waals surface area contributed by atoms with Gasteiger partial charge < -0.3 is 14.2 Å². The van der Waals surface area contributed by atoms with Gasteiger partial charge in [-0.2, -0.15) is 0 Å². The van der Waals surface area contributed by atoms with Crippen LogP contribution in [0.4, 0.5) is 4.39 Å². The molecule has 0 fully saturated rings. The molecule has 0 unspecified atom stereocenters. The first-order valence-electron chi connectivity index (χ1n) is 9.42. The number of aryl methyl sites for hydroxylation is 1. The molecule has 4 nitrogen and oxygen atoms in total. The summed E-state index contributed by atoms with van der Waals surface area (Å²) in [5, 5.41) is 0. The minimum absolute atomic E-state index is 0.134. The van der Waals surface area contributed by atoms with Crippen molar-refractivity contribution in [2.75, 3.05) is 7.11 Å². The molecule has 0 N–H and O–H groups in total. The first-order chi connectivity index (χ1) is 12.9. The summed E-state index contributed by atoms with van der Waals surface area (Å²) in [6, 6.07) is 10.9. The predicted octanol–water partition coefficient (Wildman–Crippen LogP) is 5.85. The summed E-state index contributed by atoms with van der Waals surface area (Å²) >= 11 is 0. The minimum atomic E-state index is -0.225. The lowest BCUT2D eigenvalue weighted by molar-refractivity contribution is -0.0167. The van der Waals surface area contributed by atoms with E-state index in [1.165, 1.54) is 6.07 Å². The van der Waals surface area contributed by atoms with Crippen LogP contribution in [0.2, 0.25) is 0 Å². The molecule has 0 bridgehead atoms. The number of pyridine rings is 1. The van der Waals surface area contributed by atoms with E-state index in [2.05, 4.69) is 4.98 Å². The third kappa shape index (κ3) is 10.4. The lowest BCUT2D eigenvalue weighted by Gasteiger charge is -2.19. The maximum Gasteiger partial charge on any atom is 0.213 e. The molecule has 0 saturated carbocycles. The van der Waals surface area contributed by atoms with Gasteiger partial charge in [-0.25, -0.2) is 9.37 Å². The Morgan fingerprint density at radius 2 is 1.50 bits per heavy atom. The largest absolute Gasteiger partial charge is 0.481 e. The predicted molar refractivity (Wildman–Crippen MR) is 111 cm³/mol. The highest BCUT2D eigenvalue weighted by atomic mass is 19.1. The van der Waals surface area contributed by atoms with Crippen LogP contribution in [0.3, 0.4) is 0 Å². The molecular weight excluding hydrogens is 357 g/mol. The number of rotatable bonds is 5. The lowest BCUT2D eigenvalue weighted by atomic mass is 10.1. The summed E-state index contributed by atoms with van der Waals surface area (Å²) in [6.45, 7) is 14.7. The van der Waals surface area contributed by atoms with Crippen LogP contribution in [0.1, 0.15) is 58.4 Å². The summed E-state index contributed by atoms with van der Waals surface area (Å²) in [7, 11) is 1.61. The highest BCUT2D eigenvalue weighted by Gasteiger charge is 2.12. The van der Waals surface area contributed by atoms with Gasteiger partial charge in [0.05, 0.1) is 37.2 Å². The topological polar surface area (TPSA) is 40.6 Å². The smallest absolute Gasteiger partial charge is 0.213 e. The third-order valence-corrected chi connectivity index (χ3v) is 3.51. The van der Waals surface area contributed by atoms with Gasteiger partial charge in [-0.15, -0.1) is 0 Å². The van der Waals surface area contributed by atoms with Crippen LogP contribution in [0, 0.1) is 12.7 Å². The van der Waals surface area contributed by atoms with Gasteiger partial charge >= 0.3 is 0 Å². The van der Waals surface area contributed by atoms with Gasteiger partial charge in [-0.1, -0.05) is 18.2 Å². The van der Waals surface area contributed by atoms with Crippen LogP contribution in [0.15, 0.2) is 36.4 Å². The fourth-order valence-corrected chi connectivity index (χ4v) is 2.01. The molecule has 1 heterocycles. The zero-order valence-corrected chi connectivity index (χ0v) is 18.4. The maximum atomic E-state index is 13.3. The molecule has 0 aliphatic heterocycles. The highest BCUT2D eigenvalue weighted by Crippen LogP contribution is 2.15. The van der Waals surface area contributed by atoms with E-state index in [0.29, 0.717) is 24.7 Å². The number of halogens is 1. The van der Waals surface area contributed by atoms with Crippen molar-refractivity contribution < 1.29 is 18.6 Å². The molecule has 28 heavy (non-hydrogen) atoms. The SMILES string of the molecule is COc1cccc(COC(C)(C)C)n1.Cc1ccc(COC(C)(C)C)c(F)c1. The van der Waals surface area contributed by atoms with Crippen molar-refractivity contribution in [3.8, 4) is 5.88 Å². The van der Waals surface area contributed by atoms with Crippen LogP contribution in [-0.4, -0.2) is 23.3 Å². The lowest BCUT2D eigenvalue weighted by Crippen LogP contribution is -2.19. The Morgan fingerprint density at radius 1 is 0.893 bits per heavy atom. The van der Waals surface area contributed by atoms with Gasteiger partial charge in [-0.05, 0) is 66.2 Å². The molecule has 0 radical (unpaired) electrons. The maximum absolute atomic E-state index is 13.3. The van der Waals surface area contributed by atoms with Crippen molar-refractivity contribution in [1.29, 1.82) is 0 Å². The molecule has 0 aliphatic rings. The Morgan fingerprint density at radius 3 is 2.04 bits per heavy atom. The fraction of sp³-hybridized carbons (Fsp3) is 0.522. The number of hydrogen-bond acceptors (Lipinski definition) is 4. The molecule has 156 valence electrons. The van der Waals surface area contributed by atoms with Gasteiger partial charge in [0.2, 0.25) is 5.88 Å². The zero-order valence-electron chi connectivity index (χ0n) is 18.4. The molecule has 1 aromatic heterocycles. The quantitative estimate of drug-likeness (QED) is 0.640. The second-order valence-electron chi connectivity index (χ2n) is 8.57. The van der Waals surface area contributed by atoms with Gasteiger partial charge in [0.1, 0.15) is 5.82 Å². The van der Waals surface area contributed by atoms with E-state index in [0.717, 1.165) is 11.3 Å². The van der Waals surface area contributed by atoms with E-state index in [1.54, 1.807) is 13.2 Å². The van der Waals surface area contributed by atoms with Gasteiger partial charge in [-0.3, -0.25) is 0 Å². The van der Waals surface area contributed by atoms with Gasteiger partial charge in [0, 0.05) is 11.6 Å². The summed E-state index contributed by atoms with van der Waals surface area (Å²) < 4.78 is 29.5. The van der Waals surface area contributed by atoms with Crippen LogP contribution < -0.4 is 4.74 Å². The molecule has 5 heteroatoms. The zero-order chi connectivity index (χ0) is 21.4. The van der Waals surface area contributed by atoms with E-state index in [-0.39, 0.29) is 17.0 Å². The van der Waals surface area contributed by atoms with E-state index in [4.69, 9.17) is 14.2 Å². The molecule has 0 aliphatic carbocycles. The van der Waals surface area contributed by atoms with E-state index in [1.807, 2.05) is 72.7 Å². The van der Waals surface area contributed by atoms with Crippen LogP contribution in [0.25, 0.3) is 0 Å². The Balaban J connectivity index is 0.000000280. The number of methoxy groups -OCH3 is 1. The monoisotopic (exact) mass is 391 g/mol. The van der Waals surface area contributed by atoms with Gasteiger partial charge in [0.15, 0.2) is 0 Å². The molecule has 0 amide bonds. The van der Waals surface area contributed by atoms with Gasteiger partial charge in [0.25, 0.3) is 0 Å². The van der Waals surface area contributed by atoms with Crippen molar-refractivity contribution in [2.45, 2.75) is 72.9 Å². The average Bonchev–Trinajstić information content (AvgIpc) is 2.58. The third-order valence-electron chi connectivity index (χ3n) is 3.51. The Hall–Kier alpha value is -1.98. The van der Waals surface area contributed by atoms with Crippen LogP contribution >= 0.6 is 0 Å². The summed E-state index contributed by atoms with van der Waals surface area (Å²) in [6.07, 6.45) is 0. The molecular formula is C23H34FNO3. The normalized spacial score (nSPS) is 11.6. The molecule has 0 spiro atoms. The minimum Gasteiger partial charge on any atom is -0.481 e. The van der Waals surface area contributed by atoms with Crippen molar-refractivity contribution in [2.24, 2.45) is 0 Å². The summed E-state index contributed by atoms with van der Waals surface area (Å²) in [5.74, 6) is 0.439. The first-order valence-corrected chi connectivity index (χ1v) is 9.42. The Labute approximate surface area is 169 Å². The van der Waals surface area contributed by atoms with Crippen molar-refractivity contribution in [1.82, 2.24) is 4.98 Å². The second kappa shape index (κ2) is 10.5. The van der Waals surface area contributed by atoms with Crippen molar-refractivity contribution in [3.05, 3.63) is 59.0 Å². The summed E-state index contributed by atoms with van der Waals surface area (Å²) in [5.41, 5.74) is 2.08. The second-order valence-corrected chi connectivity index (χ2v) is 8.57. The van der Waals surface area contributed by atoms with E-state index < -0.39 is 0 Å². The Kier molecular flexibility index (Phi) is 9.05. The number of nitrogens with zero attached hydrogens (tertiary/aromatic N) is 1. The van der Waals surface area contributed by atoms with Crippen LogP contribution in [-0.2, 0) is 22.7 Å². The number of benzene rings is 1. The number of aromatic nitrogens is 1.